The summed E-state index contributed by atoms with van der Waals surface area (Å²) in [5, 5.41) is 8.55. The van der Waals surface area contributed by atoms with Crippen LogP contribution >= 0.6 is 11.6 Å². The molecule has 1 atom stereocenters. The quantitative estimate of drug-likeness (QED) is 0.861. The van der Waals surface area contributed by atoms with Gasteiger partial charge in [-0.2, -0.15) is 5.10 Å². The summed E-state index contributed by atoms with van der Waals surface area (Å²) in [5.41, 5.74) is 3.38. The molecule has 0 radical (unpaired) electrons. The van der Waals surface area contributed by atoms with E-state index in [1.54, 1.807) is 0 Å². The number of rotatable bonds is 6. The van der Waals surface area contributed by atoms with E-state index in [0.29, 0.717) is 0 Å². The maximum absolute atomic E-state index is 6.44. The minimum absolute atomic E-state index is 0.266. The molecule has 1 unspecified atom stereocenters. The highest BCUT2D eigenvalue weighted by Crippen LogP contribution is 2.29. The van der Waals surface area contributed by atoms with Gasteiger partial charge in [0.25, 0.3) is 0 Å². The van der Waals surface area contributed by atoms with Crippen LogP contribution in [0.1, 0.15) is 38.8 Å². The zero-order valence-electron chi connectivity index (χ0n) is 12.4. The van der Waals surface area contributed by atoms with Crippen molar-refractivity contribution in [2.24, 2.45) is 0 Å². The number of nitrogens with zero attached hydrogens (tertiary/aromatic N) is 2. The average molecular weight is 292 g/mol. The molecular formula is C16H22ClN3. The Labute approximate surface area is 126 Å². The Bertz CT molecular complexity index is 563. The van der Waals surface area contributed by atoms with Crippen LogP contribution in [0.3, 0.4) is 0 Å². The second kappa shape index (κ2) is 6.91. The molecule has 0 amide bonds. The van der Waals surface area contributed by atoms with Gasteiger partial charge in [0.2, 0.25) is 0 Å². The molecule has 0 aliphatic heterocycles. The number of aromatic nitrogens is 2. The van der Waals surface area contributed by atoms with Crippen LogP contribution < -0.4 is 5.32 Å². The zero-order valence-corrected chi connectivity index (χ0v) is 13.1. The minimum Gasteiger partial charge on any atom is -0.310 e. The molecule has 1 aromatic carbocycles. The summed E-state index contributed by atoms with van der Waals surface area (Å²) in [4.78, 5) is 0. The van der Waals surface area contributed by atoms with Crippen LogP contribution in [-0.4, -0.2) is 16.3 Å². The highest BCUT2D eigenvalue weighted by atomic mass is 35.5. The lowest BCUT2D eigenvalue weighted by Gasteiger charge is -2.15. The Morgan fingerprint density at radius 2 is 2.10 bits per heavy atom. The van der Waals surface area contributed by atoms with E-state index >= 15 is 0 Å². The van der Waals surface area contributed by atoms with Gasteiger partial charge in [0, 0.05) is 29.4 Å². The van der Waals surface area contributed by atoms with Gasteiger partial charge in [-0.3, -0.25) is 4.68 Å². The Hall–Kier alpha value is -1.32. The molecule has 0 aliphatic carbocycles. The summed E-state index contributed by atoms with van der Waals surface area (Å²) in [7, 11) is 0. The van der Waals surface area contributed by atoms with Crippen molar-refractivity contribution in [1.29, 1.82) is 0 Å². The van der Waals surface area contributed by atoms with Crippen molar-refractivity contribution in [3.63, 3.8) is 0 Å². The van der Waals surface area contributed by atoms with Crippen LogP contribution in [0, 0.1) is 0 Å². The summed E-state index contributed by atoms with van der Waals surface area (Å²) in [6.07, 6.45) is 2.91. The van der Waals surface area contributed by atoms with Crippen LogP contribution in [-0.2, 0) is 6.54 Å². The fourth-order valence-corrected chi connectivity index (χ4v) is 2.77. The molecule has 1 N–H and O–H groups in total. The van der Waals surface area contributed by atoms with Crippen molar-refractivity contribution >= 4 is 11.6 Å². The van der Waals surface area contributed by atoms with Crippen molar-refractivity contribution in [1.82, 2.24) is 15.1 Å². The molecule has 0 saturated heterocycles. The molecule has 108 valence electrons. The van der Waals surface area contributed by atoms with E-state index in [-0.39, 0.29) is 6.04 Å². The molecule has 1 aromatic heterocycles. The molecule has 4 heteroatoms. The first-order valence-electron chi connectivity index (χ1n) is 7.22. The van der Waals surface area contributed by atoms with E-state index in [0.717, 1.165) is 41.4 Å². The zero-order chi connectivity index (χ0) is 14.5. The number of aryl methyl sites for hydroxylation is 1. The Balaban J connectivity index is 2.31. The van der Waals surface area contributed by atoms with Crippen molar-refractivity contribution in [2.45, 2.75) is 39.8 Å². The summed E-state index contributed by atoms with van der Waals surface area (Å²) >= 11 is 6.44. The van der Waals surface area contributed by atoms with Crippen molar-refractivity contribution in [2.75, 3.05) is 6.54 Å². The van der Waals surface area contributed by atoms with Crippen molar-refractivity contribution in [3.05, 3.63) is 41.0 Å². The summed E-state index contributed by atoms with van der Waals surface area (Å²) in [5.74, 6) is 0. The largest absolute Gasteiger partial charge is 0.310 e. The Morgan fingerprint density at radius 3 is 2.75 bits per heavy atom. The third-order valence-corrected chi connectivity index (χ3v) is 3.75. The van der Waals surface area contributed by atoms with Gasteiger partial charge in [-0.15, -0.1) is 0 Å². The lowest BCUT2D eigenvalue weighted by Crippen LogP contribution is -2.18. The van der Waals surface area contributed by atoms with Gasteiger partial charge >= 0.3 is 0 Å². The van der Waals surface area contributed by atoms with Crippen molar-refractivity contribution in [3.8, 4) is 11.3 Å². The predicted octanol–water partition coefficient (Wildman–Crippen LogP) is 4.28. The van der Waals surface area contributed by atoms with Crippen LogP contribution in [0.25, 0.3) is 11.3 Å². The Morgan fingerprint density at radius 1 is 1.30 bits per heavy atom. The van der Waals surface area contributed by atoms with E-state index in [1.807, 2.05) is 23.0 Å². The molecule has 0 spiro atoms. The monoisotopic (exact) mass is 291 g/mol. The standard InChI is InChI=1S/C16H22ClN3/c1-4-10-20-16(8-9-19-20)13-6-7-14(15(17)11-13)12(3)18-5-2/h6-9,11-12,18H,4-5,10H2,1-3H3. The van der Waals surface area contributed by atoms with Crippen LogP contribution in [0.2, 0.25) is 5.02 Å². The van der Waals surface area contributed by atoms with Crippen LogP contribution in [0.5, 0.6) is 0 Å². The topological polar surface area (TPSA) is 29.9 Å². The molecule has 1 heterocycles. The SMILES string of the molecule is CCCn1nccc1-c1ccc(C(C)NCC)c(Cl)c1. The lowest BCUT2D eigenvalue weighted by molar-refractivity contribution is 0.598. The molecular weight excluding hydrogens is 270 g/mol. The maximum atomic E-state index is 6.44. The lowest BCUT2D eigenvalue weighted by atomic mass is 10.0. The molecule has 2 rings (SSSR count). The third-order valence-electron chi connectivity index (χ3n) is 3.42. The number of nitrogens with one attached hydrogen (secondary N) is 1. The number of hydrogen-bond acceptors (Lipinski definition) is 2. The van der Waals surface area contributed by atoms with Crippen LogP contribution in [0.15, 0.2) is 30.5 Å². The van der Waals surface area contributed by atoms with E-state index in [1.165, 1.54) is 0 Å². The van der Waals surface area contributed by atoms with Crippen LogP contribution in [0.4, 0.5) is 0 Å². The molecule has 20 heavy (non-hydrogen) atoms. The maximum Gasteiger partial charge on any atom is 0.0682 e. The molecule has 0 bridgehead atoms. The van der Waals surface area contributed by atoms with E-state index in [9.17, 15) is 0 Å². The molecule has 0 saturated carbocycles. The average Bonchev–Trinajstić information content (AvgIpc) is 2.87. The van der Waals surface area contributed by atoms with E-state index in [4.69, 9.17) is 11.6 Å². The summed E-state index contributed by atoms with van der Waals surface area (Å²) in [6, 6.07) is 8.57. The van der Waals surface area contributed by atoms with Gasteiger partial charge in [0.05, 0.1) is 5.69 Å². The molecule has 3 nitrogen and oxygen atoms in total. The number of halogens is 1. The first kappa shape index (κ1) is 15.1. The summed E-state index contributed by atoms with van der Waals surface area (Å²) < 4.78 is 2.03. The van der Waals surface area contributed by atoms with Gasteiger partial charge in [-0.05, 0) is 37.6 Å². The fourth-order valence-electron chi connectivity index (χ4n) is 2.42. The third kappa shape index (κ3) is 3.22. The van der Waals surface area contributed by atoms with Gasteiger partial charge in [0.1, 0.15) is 0 Å². The summed E-state index contributed by atoms with van der Waals surface area (Å²) in [6.45, 7) is 8.24. The molecule has 0 aliphatic rings. The fraction of sp³-hybridized carbons (Fsp3) is 0.438. The highest BCUT2D eigenvalue weighted by molar-refractivity contribution is 6.31. The second-order valence-corrected chi connectivity index (χ2v) is 5.36. The highest BCUT2D eigenvalue weighted by Gasteiger charge is 2.11. The van der Waals surface area contributed by atoms with E-state index in [2.05, 4.69) is 43.3 Å². The number of benzene rings is 1. The first-order valence-corrected chi connectivity index (χ1v) is 7.60. The van der Waals surface area contributed by atoms with Gasteiger partial charge in [-0.1, -0.05) is 37.6 Å². The van der Waals surface area contributed by atoms with Gasteiger partial charge in [0.15, 0.2) is 0 Å². The second-order valence-electron chi connectivity index (χ2n) is 4.96. The number of hydrogen-bond donors (Lipinski definition) is 1. The Kier molecular flexibility index (Phi) is 5.21. The molecule has 0 fully saturated rings. The van der Waals surface area contributed by atoms with E-state index < -0.39 is 0 Å². The van der Waals surface area contributed by atoms with Gasteiger partial charge in [-0.25, -0.2) is 0 Å². The van der Waals surface area contributed by atoms with Gasteiger partial charge < -0.3 is 5.32 Å². The predicted molar refractivity (Wildman–Crippen MR) is 85.1 cm³/mol. The van der Waals surface area contributed by atoms with Crippen molar-refractivity contribution < 1.29 is 0 Å². The smallest absolute Gasteiger partial charge is 0.0682 e. The normalized spacial score (nSPS) is 12.6. The first-order chi connectivity index (χ1) is 9.67. The minimum atomic E-state index is 0.266. The molecule has 2 aromatic rings.